The maximum atomic E-state index is 11.0. The summed E-state index contributed by atoms with van der Waals surface area (Å²) >= 11 is 0. The Bertz CT molecular complexity index is 273. The summed E-state index contributed by atoms with van der Waals surface area (Å²) in [7, 11) is 0. The molecular weight excluding hydrogens is 206 g/mol. The third-order valence-corrected chi connectivity index (χ3v) is 2.93. The first kappa shape index (κ1) is 13.0. The predicted octanol–water partition coefficient (Wildman–Crippen LogP) is 1.91. The molecule has 1 rings (SSSR count). The standard InChI is InChI=1S/C12H21NO3/c1-5-15-10-7-11(16-6-2)12(3,4)13(8-10)9-14/h8-9,11H,5-7H2,1-4H3. The van der Waals surface area contributed by atoms with Crippen LogP contribution in [0.25, 0.3) is 0 Å². The van der Waals surface area contributed by atoms with Gasteiger partial charge in [-0.3, -0.25) is 4.79 Å². The topological polar surface area (TPSA) is 38.8 Å². The van der Waals surface area contributed by atoms with Gasteiger partial charge in [-0.25, -0.2) is 0 Å². The summed E-state index contributed by atoms with van der Waals surface area (Å²) in [5, 5.41) is 0. The van der Waals surface area contributed by atoms with Gasteiger partial charge in [0.15, 0.2) is 0 Å². The second-order valence-electron chi connectivity index (χ2n) is 4.34. The van der Waals surface area contributed by atoms with E-state index >= 15 is 0 Å². The normalized spacial score (nSPS) is 23.9. The van der Waals surface area contributed by atoms with E-state index in [1.165, 1.54) is 0 Å². The zero-order valence-electron chi connectivity index (χ0n) is 10.5. The molecule has 0 saturated heterocycles. The number of nitrogens with zero attached hydrogens (tertiary/aromatic N) is 1. The molecule has 1 heterocycles. The van der Waals surface area contributed by atoms with Gasteiger partial charge in [0.25, 0.3) is 0 Å². The maximum absolute atomic E-state index is 11.0. The number of rotatable bonds is 5. The molecule has 0 bridgehead atoms. The van der Waals surface area contributed by atoms with E-state index in [2.05, 4.69) is 0 Å². The third-order valence-electron chi connectivity index (χ3n) is 2.93. The smallest absolute Gasteiger partial charge is 0.214 e. The lowest BCUT2D eigenvalue weighted by Gasteiger charge is -2.43. The molecule has 0 radical (unpaired) electrons. The van der Waals surface area contributed by atoms with Gasteiger partial charge < -0.3 is 14.4 Å². The van der Waals surface area contributed by atoms with E-state index in [4.69, 9.17) is 9.47 Å². The van der Waals surface area contributed by atoms with Crippen LogP contribution in [0.4, 0.5) is 0 Å². The van der Waals surface area contributed by atoms with Crippen LogP contribution in [0.1, 0.15) is 34.1 Å². The molecular formula is C12H21NO3. The highest BCUT2D eigenvalue weighted by Gasteiger charge is 2.39. The van der Waals surface area contributed by atoms with Gasteiger partial charge in [-0.2, -0.15) is 0 Å². The molecule has 4 heteroatoms. The molecule has 4 nitrogen and oxygen atoms in total. The maximum Gasteiger partial charge on any atom is 0.214 e. The molecule has 1 aliphatic rings. The average Bonchev–Trinajstić information content (AvgIpc) is 2.23. The Balaban J connectivity index is 2.89. The highest BCUT2D eigenvalue weighted by atomic mass is 16.5. The van der Waals surface area contributed by atoms with Crippen LogP contribution in [0.3, 0.4) is 0 Å². The number of carbonyl (C=O) groups excluding carboxylic acids is 1. The minimum Gasteiger partial charge on any atom is -0.497 e. The summed E-state index contributed by atoms with van der Waals surface area (Å²) in [6, 6.07) is 0. The first-order valence-electron chi connectivity index (χ1n) is 5.75. The van der Waals surface area contributed by atoms with Crippen LogP contribution >= 0.6 is 0 Å². The van der Waals surface area contributed by atoms with E-state index in [-0.39, 0.29) is 11.6 Å². The predicted molar refractivity (Wildman–Crippen MR) is 61.7 cm³/mol. The summed E-state index contributed by atoms with van der Waals surface area (Å²) < 4.78 is 11.2. The Morgan fingerprint density at radius 3 is 2.69 bits per heavy atom. The van der Waals surface area contributed by atoms with E-state index < -0.39 is 0 Å². The Morgan fingerprint density at radius 2 is 2.19 bits per heavy atom. The van der Waals surface area contributed by atoms with Crippen LogP contribution in [0.5, 0.6) is 0 Å². The van der Waals surface area contributed by atoms with Crippen molar-refractivity contribution in [2.45, 2.75) is 45.8 Å². The fourth-order valence-electron chi connectivity index (χ4n) is 1.88. The minimum absolute atomic E-state index is 0.0192. The lowest BCUT2D eigenvalue weighted by atomic mass is 9.89. The van der Waals surface area contributed by atoms with Crippen molar-refractivity contribution in [2.24, 2.45) is 0 Å². The average molecular weight is 227 g/mol. The van der Waals surface area contributed by atoms with Gasteiger partial charge in [-0.1, -0.05) is 0 Å². The van der Waals surface area contributed by atoms with Crippen LogP contribution in [0, 0.1) is 0 Å². The fraction of sp³-hybridized carbons (Fsp3) is 0.750. The number of ether oxygens (including phenoxy) is 2. The van der Waals surface area contributed by atoms with Crippen molar-refractivity contribution >= 4 is 6.41 Å². The summed E-state index contributed by atoms with van der Waals surface area (Å²) in [4.78, 5) is 12.7. The number of hydrogen-bond acceptors (Lipinski definition) is 3. The highest BCUT2D eigenvalue weighted by molar-refractivity contribution is 5.52. The number of amides is 1. The van der Waals surface area contributed by atoms with Gasteiger partial charge in [-0.05, 0) is 27.7 Å². The SMILES string of the molecule is CCOC1=CN(C=O)C(C)(C)C(OCC)C1. The van der Waals surface area contributed by atoms with Gasteiger partial charge in [0.1, 0.15) is 5.76 Å². The molecule has 0 N–H and O–H groups in total. The number of carbonyl (C=O) groups is 1. The summed E-state index contributed by atoms with van der Waals surface area (Å²) in [6.45, 7) is 9.14. The highest BCUT2D eigenvalue weighted by Crippen LogP contribution is 2.31. The fourth-order valence-corrected chi connectivity index (χ4v) is 1.88. The van der Waals surface area contributed by atoms with Gasteiger partial charge in [-0.15, -0.1) is 0 Å². The second-order valence-corrected chi connectivity index (χ2v) is 4.34. The monoisotopic (exact) mass is 227 g/mol. The van der Waals surface area contributed by atoms with E-state index in [1.807, 2.05) is 27.7 Å². The van der Waals surface area contributed by atoms with Gasteiger partial charge in [0.05, 0.1) is 18.2 Å². The van der Waals surface area contributed by atoms with Gasteiger partial charge in [0.2, 0.25) is 6.41 Å². The summed E-state index contributed by atoms with van der Waals surface area (Å²) in [5.41, 5.74) is -0.321. The molecule has 1 amide bonds. The van der Waals surface area contributed by atoms with Crippen molar-refractivity contribution < 1.29 is 14.3 Å². The Labute approximate surface area is 97.2 Å². The summed E-state index contributed by atoms with van der Waals surface area (Å²) in [6.07, 6.45) is 3.30. The molecule has 1 atom stereocenters. The van der Waals surface area contributed by atoms with Crippen LogP contribution < -0.4 is 0 Å². The molecule has 0 aromatic heterocycles. The van der Waals surface area contributed by atoms with Crippen molar-refractivity contribution in [1.29, 1.82) is 0 Å². The zero-order valence-corrected chi connectivity index (χ0v) is 10.5. The van der Waals surface area contributed by atoms with E-state index in [1.54, 1.807) is 11.1 Å². The Hall–Kier alpha value is -1.03. The van der Waals surface area contributed by atoms with Crippen LogP contribution in [-0.4, -0.2) is 36.2 Å². The molecule has 1 unspecified atom stereocenters. The van der Waals surface area contributed by atoms with Crippen molar-refractivity contribution in [3.63, 3.8) is 0 Å². The van der Waals surface area contributed by atoms with Gasteiger partial charge in [0, 0.05) is 19.2 Å². The van der Waals surface area contributed by atoms with Crippen molar-refractivity contribution in [3.8, 4) is 0 Å². The first-order valence-corrected chi connectivity index (χ1v) is 5.75. The zero-order chi connectivity index (χ0) is 12.2. The lowest BCUT2D eigenvalue weighted by molar-refractivity contribution is -0.128. The Morgan fingerprint density at radius 1 is 1.50 bits per heavy atom. The van der Waals surface area contributed by atoms with Crippen molar-refractivity contribution in [3.05, 3.63) is 12.0 Å². The molecule has 0 spiro atoms. The van der Waals surface area contributed by atoms with E-state index in [0.29, 0.717) is 13.2 Å². The molecule has 16 heavy (non-hydrogen) atoms. The van der Waals surface area contributed by atoms with E-state index in [9.17, 15) is 4.79 Å². The minimum atomic E-state index is -0.321. The van der Waals surface area contributed by atoms with Crippen molar-refractivity contribution in [1.82, 2.24) is 4.90 Å². The number of hydrogen-bond donors (Lipinski definition) is 0. The molecule has 0 aliphatic carbocycles. The Kier molecular flexibility index (Phi) is 4.35. The lowest BCUT2D eigenvalue weighted by Crippen LogP contribution is -2.53. The third kappa shape index (κ3) is 2.55. The van der Waals surface area contributed by atoms with Crippen LogP contribution in [0.2, 0.25) is 0 Å². The van der Waals surface area contributed by atoms with Crippen LogP contribution in [-0.2, 0) is 14.3 Å². The first-order chi connectivity index (χ1) is 7.56. The molecule has 0 saturated carbocycles. The molecule has 92 valence electrons. The molecule has 0 fully saturated rings. The van der Waals surface area contributed by atoms with Crippen molar-refractivity contribution in [2.75, 3.05) is 13.2 Å². The summed E-state index contributed by atoms with van der Waals surface area (Å²) in [5.74, 6) is 0.812. The quantitative estimate of drug-likeness (QED) is 0.673. The molecule has 0 aromatic rings. The van der Waals surface area contributed by atoms with Gasteiger partial charge >= 0.3 is 0 Å². The second kappa shape index (κ2) is 5.34. The molecule has 1 aliphatic heterocycles. The molecule has 0 aromatic carbocycles. The van der Waals surface area contributed by atoms with Crippen LogP contribution in [0.15, 0.2) is 12.0 Å². The van der Waals surface area contributed by atoms with E-state index in [0.717, 1.165) is 18.6 Å². The largest absolute Gasteiger partial charge is 0.497 e.